The monoisotopic (exact) mass is 343 g/mol. The van der Waals surface area contributed by atoms with Crippen molar-refractivity contribution in [3.05, 3.63) is 53.1 Å². The van der Waals surface area contributed by atoms with E-state index in [1.54, 1.807) is 12.1 Å². The zero-order valence-electron chi connectivity index (χ0n) is 13.2. The van der Waals surface area contributed by atoms with Gasteiger partial charge < -0.3 is 15.3 Å². The molecule has 0 saturated carbocycles. The fourth-order valence-electron chi connectivity index (χ4n) is 2.14. The van der Waals surface area contributed by atoms with E-state index in [9.17, 15) is 24.9 Å². The second-order valence-electron chi connectivity index (χ2n) is 5.23. The molecule has 0 radical (unpaired) electrons. The maximum absolute atomic E-state index is 12.1. The molecule has 2 aromatic rings. The van der Waals surface area contributed by atoms with E-state index in [2.05, 4.69) is 22.6 Å². The molecular formula is C17H17N3O5. The summed E-state index contributed by atoms with van der Waals surface area (Å²) in [6, 6.07) is 8.44. The second-order valence-corrected chi connectivity index (χ2v) is 5.23. The van der Waals surface area contributed by atoms with Crippen molar-refractivity contribution in [3.8, 4) is 17.2 Å². The number of aromatic hydroxyl groups is 3. The number of phenols is 3. The van der Waals surface area contributed by atoms with Crippen molar-refractivity contribution in [2.24, 2.45) is 4.99 Å². The minimum atomic E-state index is -0.757. The lowest BCUT2D eigenvalue weighted by molar-refractivity contribution is -0.121. The molecule has 2 rings (SSSR count). The molecular weight excluding hydrogens is 326 g/mol. The summed E-state index contributed by atoms with van der Waals surface area (Å²) in [5.41, 5.74) is 5.13. The van der Waals surface area contributed by atoms with Crippen LogP contribution in [0.3, 0.4) is 0 Å². The summed E-state index contributed by atoms with van der Waals surface area (Å²) in [5, 5.41) is 28.8. The predicted octanol–water partition coefficient (Wildman–Crippen LogP) is 1.01. The van der Waals surface area contributed by atoms with Gasteiger partial charge in [0, 0.05) is 11.6 Å². The van der Waals surface area contributed by atoms with Gasteiger partial charge in [-0.15, -0.1) is 0 Å². The van der Waals surface area contributed by atoms with E-state index < -0.39 is 17.6 Å². The largest absolute Gasteiger partial charge is 0.508 e. The topological polar surface area (TPSA) is 131 Å². The molecule has 2 aromatic carbocycles. The summed E-state index contributed by atoms with van der Waals surface area (Å²) in [6.07, 6.45) is -0.0537. The van der Waals surface area contributed by atoms with Crippen LogP contribution < -0.4 is 10.9 Å². The highest BCUT2D eigenvalue weighted by Gasteiger charge is 2.16. The van der Waals surface area contributed by atoms with Gasteiger partial charge in [0.2, 0.25) is 5.91 Å². The van der Waals surface area contributed by atoms with Crippen LogP contribution in [0.4, 0.5) is 0 Å². The van der Waals surface area contributed by atoms with Crippen molar-refractivity contribution in [2.75, 3.05) is 0 Å². The first kappa shape index (κ1) is 17.8. The molecule has 5 N–H and O–H groups in total. The van der Waals surface area contributed by atoms with Gasteiger partial charge in [0.15, 0.2) is 0 Å². The lowest BCUT2D eigenvalue weighted by Gasteiger charge is -2.11. The molecule has 0 spiro atoms. The minimum absolute atomic E-state index is 0.0340. The number of phenolic OH excluding ortho intramolecular Hbond substituents is 3. The van der Waals surface area contributed by atoms with E-state index in [0.717, 1.165) is 6.07 Å². The molecule has 0 fully saturated rings. The third-order valence-electron chi connectivity index (χ3n) is 3.31. The first-order valence-corrected chi connectivity index (χ1v) is 7.25. The Balaban J connectivity index is 2.01. The summed E-state index contributed by atoms with van der Waals surface area (Å²) < 4.78 is 0. The number of nitrogens with zero attached hydrogens (tertiary/aromatic N) is 1. The van der Waals surface area contributed by atoms with E-state index in [1.807, 2.05) is 0 Å². The predicted molar refractivity (Wildman–Crippen MR) is 90.4 cm³/mol. The molecule has 25 heavy (non-hydrogen) atoms. The number of rotatable bonds is 5. The first-order chi connectivity index (χ1) is 11.9. The number of carbonyl (C=O) groups excluding carboxylic acids is 2. The molecule has 0 heterocycles. The van der Waals surface area contributed by atoms with E-state index in [0.29, 0.717) is 11.1 Å². The molecule has 0 aliphatic carbocycles. The number of hydrogen-bond acceptors (Lipinski definition) is 6. The van der Waals surface area contributed by atoms with E-state index in [-0.39, 0.29) is 30.0 Å². The quantitative estimate of drug-likeness (QED) is 0.408. The molecule has 2 amide bonds. The number of nitrogens with one attached hydrogen (secondary N) is 2. The van der Waals surface area contributed by atoms with Crippen LogP contribution in [0.15, 0.2) is 41.4 Å². The summed E-state index contributed by atoms with van der Waals surface area (Å²) >= 11 is 0. The maximum Gasteiger partial charge on any atom is 0.273 e. The Kier molecular flexibility index (Phi) is 5.57. The summed E-state index contributed by atoms with van der Waals surface area (Å²) in [5.74, 6) is -1.89. The van der Waals surface area contributed by atoms with Crippen LogP contribution in [0.1, 0.15) is 21.5 Å². The highest BCUT2D eigenvalue weighted by Crippen LogP contribution is 2.27. The zero-order valence-corrected chi connectivity index (χ0v) is 13.2. The Morgan fingerprint density at radius 2 is 1.80 bits per heavy atom. The Labute approximate surface area is 143 Å². The molecule has 0 aliphatic heterocycles. The van der Waals surface area contributed by atoms with Crippen molar-refractivity contribution in [2.45, 2.75) is 13.0 Å². The summed E-state index contributed by atoms with van der Waals surface area (Å²) in [4.78, 5) is 27.5. The van der Waals surface area contributed by atoms with Crippen LogP contribution in [-0.4, -0.2) is 33.9 Å². The molecule has 0 saturated heterocycles. The van der Waals surface area contributed by atoms with Gasteiger partial charge in [-0.2, -0.15) is 0 Å². The van der Waals surface area contributed by atoms with E-state index in [1.165, 1.54) is 18.2 Å². The standard InChI is InChI=1S/C17H17N3O5/c1-18-9-11-7-13(15(23)8-14(11)22)17(25)20-19-16(24)6-10-3-2-4-12(21)5-10/h2-5,7-8,21-23H,1,6,9H2,(H,19,24)(H,20,25). The number of aliphatic imine (C=N–C) groups is 1. The van der Waals surface area contributed by atoms with Gasteiger partial charge in [0.05, 0.1) is 18.5 Å². The highest BCUT2D eigenvalue weighted by molar-refractivity contribution is 5.98. The number of hydrazine groups is 1. The second kappa shape index (κ2) is 7.82. The van der Waals surface area contributed by atoms with Crippen LogP contribution in [0.5, 0.6) is 17.2 Å². The SMILES string of the molecule is C=NCc1cc(C(=O)NNC(=O)Cc2cccc(O)c2)c(O)cc1O. The third-order valence-corrected chi connectivity index (χ3v) is 3.31. The van der Waals surface area contributed by atoms with Crippen molar-refractivity contribution in [3.63, 3.8) is 0 Å². The Hall–Kier alpha value is -3.55. The Morgan fingerprint density at radius 1 is 1.04 bits per heavy atom. The average Bonchev–Trinajstić information content (AvgIpc) is 2.55. The fraction of sp³-hybridized carbons (Fsp3) is 0.118. The van der Waals surface area contributed by atoms with Crippen molar-refractivity contribution >= 4 is 18.5 Å². The molecule has 0 bridgehead atoms. The van der Waals surface area contributed by atoms with Crippen LogP contribution >= 0.6 is 0 Å². The molecule has 0 unspecified atom stereocenters. The smallest absolute Gasteiger partial charge is 0.273 e. The van der Waals surface area contributed by atoms with Crippen LogP contribution in [0.2, 0.25) is 0 Å². The minimum Gasteiger partial charge on any atom is -0.508 e. The van der Waals surface area contributed by atoms with E-state index in [4.69, 9.17) is 0 Å². The van der Waals surface area contributed by atoms with Crippen molar-refractivity contribution in [1.82, 2.24) is 10.9 Å². The molecule has 0 aromatic heterocycles. The highest BCUT2D eigenvalue weighted by atomic mass is 16.3. The Morgan fingerprint density at radius 3 is 2.48 bits per heavy atom. The molecule has 8 nitrogen and oxygen atoms in total. The number of benzene rings is 2. The molecule has 0 atom stereocenters. The van der Waals surface area contributed by atoms with Crippen molar-refractivity contribution < 1.29 is 24.9 Å². The number of amides is 2. The van der Waals surface area contributed by atoms with Crippen LogP contribution in [0.25, 0.3) is 0 Å². The average molecular weight is 343 g/mol. The van der Waals surface area contributed by atoms with E-state index >= 15 is 0 Å². The lowest BCUT2D eigenvalue weighted by atomic mass is 10.1. The van der Waals surface area contributed by atoms with Gasteiger partial charge in [-0.25, -0.2) is 0 Å². The third kappa shape index (κ3) is 4.71. The van der Waals surface area contributed by atoms with Crippen LogP contribution in [0, 0.1) is 0 Å². The fourth-order valence-corrected chi connectivity index (χ4v) is 2.14. The first-order valence-electron chi connectivity index (χ1n) is 7.25. The zero-order chi connectivity index (χ0) is 18.4. The molecule has 8 heteroatoms. The number of hydrogen-bond donors (Lipinski definition) is 5. The van der Waals surface area contributed by atoms with Gasteiger partial charge in [0.1, 0.15) is 17.2 Å². The van der Waals surface area contributed by atoms with Crippen LogP contribution in [-0.2, 0) is 17.8 Å². The Bertz CT molecular complexity index is 820. The van der Waals surface area contributed by atoms with Gasteiger partial charge >= 0.3 is 0 Å². The normalized spacial score (nSPS) is 10.1. The number of carbonyl (C=O) groups is 2. The van der Waals surface area contributed by atoms with Gasteiger partial charge in [-0.05, 0) is 30.5 Å². The van der Waals surface area contributed by atoms with Gasteiger partial charge in [-0.3, -0.25) is 25.4 Å². The van der Waals surface area contributed by atoms with Gasteiger partial charge in [0.25, 0.3) is 5.91 Å². The summed E-state index contributed by atoms with van der Waals surface area (Å²) in [7, 11) is 0. The summed E-state index contributed by atoms with van der Waals surface area (Å²) in [6.45, 7) is 3.37. The van der Waals surface area contributed by atoms with Gasteiger partial charge in [-0.1, -0.05) is 12.1 Å². The van der Waals surface area contributed by atoms with Crippen molar-refractivity contribution in [1.29, 1.82) is 0 Å². The molecule has 130 valence electrons. The maximum atomic E-state index is 12.1. The lowest BCUT2D eigenvalue weighted by Crippen LogP contribution is -2.42. The molecule has 0 aliphatic rings.